The molecule has 1 aromatic carbocycles. The number of pyridine rings is 1. The van der Waals surface area contributed by atoms with Crippen LogP contribution in [0, 0.1) is 0 Å². The van der Waals surface area contributed by atoms with Gasteiger partial charge in [0.1, 0.15) is 5.82 Å². The number of halogens is 2. The second-order valence-electron chi connectivity index (χ2n) is 5.88. The van der Waals surface area contributed by atoms with Crippen molar-refractivity contribution in [2.75, 3.05) is 38.0 Å². The quantitative estimate of drug-likeness (QED) is 0.875. The molecule has 0 atom stereocenters. The van der Waals surface area contributed by atoms with Crippen molar-refractivity contribution < 1.29 is 4.79 Å². The molecule has 1 saturated heterocycles. The summed E-state index contributed by atoms with van der Waals surface area (Å²) < 4.78 is 0. The Kier molecular flexibility index (Phi) is 5.78. The van der Waals surface area contributed by atoms with Crippen molar-refractivity contribution >= 4 is 40.6 Å². The molecule has 0 aliphatic carbocycles. The second kappa shape index (κ2) is 8.04. The van der Waals surface area contributed by atoms with E-state index >= 15 is 0 Å². The van der Waals surface area contributed by atoms with E-state index in [9.17, 15) is 4.79 Å². The molecule has 1 amide bonds. The average Bonchev–Trinajstić information content (AvgIpc) is 2.64. The SMILES string of the molecule is CCN1CCN(C(=O)c2ccnc(Nc3c(Cl)cccc3Cl)c2)CC1. The Bertz CT molecular complexity index is 740. The minimum atomic E-state index is 0.0199. The van der Waals surface area contributed by atoms with Gasteiger partial charge in [-0.25, -0.2) is 4.98 Å². The van der Waals surface area contributed by atoms with Crippen LogP contribution in [0.4, 0.5) is 11.5 Å². The number of hydrogen-bond acceptors (Lipinski definition) is 4. The maximum absolute atomic E-state index is 12.7. The van der Waals surface area contributed by atoms with Crippen LogP contribution in [0.2, 0.25) is 10.0 Å². The van der Waals surface area contributed by atoms with Crippen molar-refractivity contribution in [3.05, 3.63) is 52.1 Å². The molecule has 0 unspecified atom stereocenters. The minimum Gasteiger partial charge on any atom is -0.338 e. The van der Waals surface area contributed by atoms with E-state index < -0.39 is 0 Å². The molecular weight excluding hydrogens is 359 g/mol. The summed E-state index contributed by atoms with van der Waals surface area (Å²) >= 11 is 12.4. The van der Waals surface area contributed by atoms with Gasteiger partial charge in [-0.1, -0.05) is 36.2 Å². The highest BCUT2D eigenvalue weighted by Crippen LogP contribution is 2.32. The third-order valence-electron chi connectivity index (χ3n) is 4.33. The maximum Gasteiger partial charge on any atom is 0.254 e. The predicted molar refractivity (Wildman–Crippen MR) is 102 cm³/mol. The van der Waals surface area contributed by atoms with E-state index in [0.29, 0.717) is 27.1 Å². The Morgan fingerprint density at radius 2 is 1.84 bits per heavy atom. The van der Waals surface area contributed by atoms with Crippen LogP contribution >= 0.6 is 23.2 Å². The summed E-state index contributed by atoms with van der Waals surface area (Å²) in [5, 5.41) is 4.10. The maximum atomic E-state index is 12.7. The topological polar surface area (TPSA) is 48.5 Å². The molecule has 25 heavy (non-hydrogen) atoms. The van der Waals surface area contributed by atoms with Gasteiger partial charge in [0.25, 0.3) is 5.91 Å². The van der Waals surface area contributed by atoms with Crippen LogP contribution in [-0.2, 0) is 0 Å². The van der Waals surface area contributed by atoms with Crippen LogP contribution in [-0.4, -0.2) is 53.4 Å². The lowest BCUT2D eigenvalue weighted by atomic mass is 10.2. The molecular formula is C18H20Cl2N4O. The van der Waals surface area contributed by atoms with Gasteiger partial charge in [0.15, 0.2) is 0 Å². The van der Waals surface area contributed by atoms with Gasteiger partial charge < -0.3 is 15.1 Å². The summed E-state index contributed by atoms with van der Waals surface area (Å²) in [6, 6.07) is 8.73. The zero-order valence-corrected chi connectivity index (χ0v) is 15.5. The molecule has 5 nitrogen and oxygen atoms in total. The fourth-order valence-electron chi connectivity index (χ4n) is 2.83. The molecule has 1 fully saturated rings. The molecule has 0 saturated carbocycles. The van der Waals surface area contributed by atoms with Crippen molar-refractivity contribution in [2.24, 2.45) is 0 Å². The van der Waals surface area contributed by atoms with Crippen molar-refractivity contribution in [3.8, 4) is 0 Å². The predicted octanol–water partition coefficient (Wildman–Crippen LogP) is 3.91. The highest BCUT2D eigenvalue weighted by Gasteiger charge is 2.21. The van der Waals surface area contributed by atoms with E-state index in [-0.39, 0.29) is 5.91 Å². The highest BCUT2D eigenvalue weighted by atomic mass is 35.5. The molecule has 0 radical (unpaired) electrons. The average molecular weight is 379 g/mol. The number of likely N-dealkylation sites (N-methyl/N-ethyl adjacent to an activating group) is 1. The normalized spacial score (nSPS) is 15.2. The number of nitrogens with zero attached hydrogens (tertiary/aromatic N) is 3. The number of carbonyl (C=O) groups is 1. The lowest BCUT2D eigenvalue weighted by molar-refractivity contribution is 0.0643. The number of anilines is 2. The van der Waals surface area contributed by atoms with E-state index in [0.717, 1.165) is 32.7 Å². The number of carbonyl (C=O) groups excluding carboxylic acids is 1. The molecule has 2 heterocycles. The number of para-hydroxylation sites is 1. The zero-order valence-electron chi connectivity index (χ0n) is 14.0. The molecule has 7 heteroatoms. The Morgan fingerprint density at radius 3 is 2.48 bits per heavy atom. The van der Waals surface area contributed by atoms with Crippen LogP contribution < -0.4 is 5.32 Å². The van der Waals surface area contributed by atoms with Gasteiger partial charge in [0.05, 0.1) is 15.7 Å². The number of amides is 1. The van der Waals surface area contributed by atoms with Crippen molar-refractivity contribution in [1.82, 2.24) is 14.8 Å². The lowest BCUT2D eigenvalue weighted by Crippen LogP contribution is -2.48. The van der Waals surface area contributed by atoms with Gasteiger partial charge >= 0.3 is 0 Å². The van der Waals surface area contributed by atoms with Crippen molar-refractivity contribution in [1.29, 1.82) is 0 Å². The van der Waals surface area contributed by atoms with Crippen LogP contribution in [0.3, 0.4) is 0 Å². The summed E-state index contributed by atoms with van der Waals surface area (Å²) in [4.78, 5) is 21.2. The van der Waals surface area contributed by atoms with Gasteiger partial charge in [-0.15, -0.1) is 0 Å². The molecule has 1 aliphatic heterocycles. The van der Waals surface area contributed by atoms with Gasteiger partial charge in [0.2, 0.25) is 0 Å². The first kappa shape index (κ1) is 18.0. The number of nitrogens with one attached hydrogen (secondary N) is 1. The van der Waals surface area contributed by atoms with Crippen LogP contribution in [0.25, 0.3) is 0 Å². The second-order valence-corrected chi connectivity index (χ2v) is 6.69. The number of hydrogen-bond donors (Lipinski definition) is 1. The first-order valence-electron chi connectivity index (χ1n) is 8.27. The third kappa shape index (κ3) is 4.24. The molecule has 2 aromatic rings. The Labute approximate surface area is 157 Å². The minimum absolute atomic E-state index is 0.0199. The molecule has 0 bridgehead atoms. The summed E-state index contributed by atoms with van der Waals surface area (Å²) in [6.45, 7) is 6.46. The molecule has 1 N–H and O–H groups in total. The van der Waals surface area contributed by atoms with Crippen LogP contribution in [0.1, 0.15) is 17.3 Å². The van der Waals surface area contributed by atoms with Gasteiger partial charge in [-0.3, -0.25) is 4.79 Å². The summed E-state index contributed by atoms with van der Waals surface area (Å²) in [5.41, 5.74) is 1.19. The van der Waals surface area contributed by atoms with Crippen LogP contribution in [0.15, 0.2) is 36.5 Å². The van der Waals surface area contributed by atoms with Crippen molar-refractivity contribution in [3.63, 3.8) is 0 Å². The van der Waals surface area contributed by atoms with Gasteiger partial charge in [0, 0.05) is 37.9 Å². The summed E-state index contributed by atoms with van der Waals surface area (Å²) in [7, 11) is 0. The smallest absolute Gasteiger partial charge is 0.254 e. The van der Waals surface area contributed by atoms with Crippen LogP contribution in [0.5, 0.6) is 0 Å². The molecule has 1 aliphatic rings. The Hall–Kier alpha value is -1.82. The standard InChI is InChI=1S/C18H20Cl2N4O/c1-2-23-8-10-24(11-9-23)18(25)13-6-7-21-16(12-13)22-17-14(19)4-3-5-15(17)20/h3-7,12H,2,8-11H2,1H3,(H,21,22). The third-order valence-corrected chi connectivity index (χ3v) is 4.96. The van der Waals surface area contributed by atoms with Gasteiger partial charge in [-0.05, 0) is 30.8 Å². The fraction of sp³-hybridized carbons (Fsp3) is 0.333. The number of benzene rings is 1. The number of rotatable bonds is 4. The summed E-state index contributed by atoms with van der Waals surface area (Å²) in [6.07, 6.45) is 1.61. The molecule has 1 aromatic heterocycles. The molecule has 0 spiro atoms. The fourth-order valence-corrected chi connectivity index (χ4v) is 3.32. The molecule has 132 valence electrons. The first-order chi connectivity index (χ1) is 12.1. The van der Waals surface area contributed by atoms with Gasteiger partial charge in [-0.2, -0.15) is 0 Å². The Morgan fingerprint density at radius 1 is 1.16 bits per heavy atom. The van der Waals surface area contributed by atoms with E-state index in [1.807, 2.05) is 4.90 Å². The highest BCUT2D eigenvalue weighted by molar-refractivity contribution is 6.39. The number of aromatic nitrogens is 1. The summed E-state index contributed by atoms with van der Waals surface area (Å²) in [5.74, 6) is 0.555. The Balaban J connectivity index is 1.74. The lowest BCUT2D eigenvalue weighted by Gasteiger charge is -2.34. The van der Waals surface area contributed by atoms with E-state index in [2.05, 4.69) is 22.1 Å². The van der Waals surface area contributed by atoms with E-state index in [4.69, 9.17) is 23.2 Å². The number of piperazine rings is 1. The van der Waals surface area contributed by atoms with E-state index in [1.54, 1.807) is 36.5 Å². The largest absolute Gasteiger partial charge is 0.338 e. The van der Waals surface area contributed by atoms with Crippen molar-refractivity contribution in [2.45, 2.75) is 6.92 Å². The van der Waals surface area contributed by atoms with E-state index in [1.165, 1.54) is 0 Å². The zero-order chi connectivity index (χ0) is 17.8. The first-order valence-corrected chi connectivity index (χ1v) is 9.03. The monoisotopic (exact) mass is 378 g/mol. The molecule has 3 rings (SSSR count).